The van der Waals surface area contributed by atoms with Crippen LogP contribution in [-0.2, 0) is 4.79 Å². The predicted octanol–water partition coefficient (Wildman–Crippen LogP) is 3.71. The standard InChI is InChI=1S/C25H29N5O2/c31-24(17-29-12-2-1-3-13-29)26-21-9-4-6-18(14-21)22-16-30-15-19(10-11-23(30)28-22)25(32)27-20-7-5-8-20/h4,6,9-11,14-16,20H,1-3,5,7-8,12-13,17H2,(H,26,31)(H,27,32). The molecule has 2 aromatic heterocycles. The van der Waals surface area contributed by atoms with Crippen molar-refractivity contribution in [2.45, 2.75) is 44.6 Å². The summed E-state index contributed by atoms with van der Waals surface area (Å²) in [5, 5.41) is 6.09. The van der Waals surface area contributed by atoms with Gasteiger partial charge in [-0.15, -0.1) is 0 Å². The molecule has 166 valence electrons. The van der Waals surface area contributed by atoms with Crippen LogP contribution in [0.3, 0.4) is 0 Å². The van der Waals surface area contributed by atoms with E-state index in [-0.39, 0.29) is 11.8 Å². The number of aromatic nitrogens is 2. The average Bonchev–Trinajstić information content (AvgIpc) is 3.20. The van der Waals surface area contributed by atoms with E-state index in [4.69, 9.17) is 4.98 Å². The van der Waals surface area contributed by atoms with E-state index < -0.39 is 0 Å². The Morgan fingerprint density at radius 2 is 1.84 bits per heavy atom. The number of nitrogens with one attached hydrogen (secondary N) is 2. The maximum absolute atomic E-state index is 12.5. The molecule has 0 spiro atoms. The van der Waals surface area contributed by atoms with Crippen molar-refractivity contribution in [3.05, 3.63) is 54.4 Å². The largest absolute Gasteiger partial charge is 0.349 e. The van der Waals surface area contributed by atoms with Gasteiger partial charge in [-0.25, -0.2) is 4.98 Å². The second-order valence-corrected chi connectivity index (χ2v) is 8.88. The van der Waals surface area contributed by atoms with Crippen LogP contribution in [0.4, 0.5) is 5.69 Å². The number of carbonyl (C=O) groups excluding carboxylic acids is 2. The third kappa shape index (κ3) is 4.67. The van der Waals surface area contributed by atoms with Gasteiger partial charge in [-0.2, -0.15) is 0 Å². The van der Waals surface area contributed by atoms with Gasteiger partial charge >= 0.3 is 0 Å². The summed E-state index contributed by atoms with van der Waals surface area (Å²) in [7, 11) is 0. The van der Waals surface area contributed by atoms with Crippen LogP contribution < -0.4 is 10.6 Å². The van der Waals surface area contributed by atoms with Gasteiger partial charge in [0.25, 0.3) is 5.91 Å². The van der Waals surface area contributed by atoms with E-state index in [9.17, 15) is 9.59 Å². The molecular weight excluding hydrogens is 402 g/mol. The van der Waals surface area contributed by atoms with E-state index in [0.717, 1.165) is 48.5 Å². The third-order valence-corrected chi connectivity index (χ3v) is 6.41. The molecule has 3 aromatic rings. The lowest BCUT2D eigenvalue weighted by molar-refractivity contribution is -0.117. The highest BCUT2D eigenvalue weighted by molar-refractivity contribution is 5.94. The van der Waals surface area contributed by atoms with Crippen molar-refractivity contribution in [1.82, 2.24) is 19.6 Å². The summed E-state index contributed by atoms with van der Waals surface area (Å²) in [6.07, 6.45) is 10.6. The van der Waals surface area contributed by atoms with E-state index >= 15 is 0 Å². The van der Waals surface area contributed by atoms with Gasteiger partial charge in [0.1, 0.15) is 5.65 Å². The number of likely N-dealkylation sites (tertiary alicyclic amines) is 1. The number of anilines is 1. The Morgan fingerprint density at radius 1 is 1.00 bits per heavy atom. The van der Waals surface area contributed by atoms with Crippen molar-refractivity contribution >= 4 is 23.1 Å². The molecule has 2 aliphatic rings. The first-order valence-corrected chi connectivity index (χ1v) is 11.6. The molecule has 7 heteroatoms. The van der Waals surface area contributed by atoms with Gasteiger partial charge in [-0.3, -0.25) is 14.5 Å². The second-order valence-electron chi connectivity index (χ2n) is 8.88. The lowest BCUT2D eigenvalue weighted by Gasteiger charge is -2.26. The lowest BCUT2D eigenvalue weighted by Crippen LogP contribution is -2.39. The summed E-state index contributed by atoms with van der Waals surface area (Å²) in [6, 6.07) is 11.7. The Labute approximate surface area is 187 Å². The van der Waals surface area contributed by atoms with Gasteiger partial charge in [0.2, 0.25) is 5.91 Å². The SMILES string of the molecule is O=C(CN1CCCCC1)Nc1cccc(-c2cn3cc(C(=O)NC4CCC4)ccc3n2)c1. The van der Waals surface area contributed by atoms with E-state index in [1.165, 1.54) is 25.7 Å². The lowest BCUT2D eigenvalue weighted by atomic mass is 9.93. The van der Waals surface area contributed by atoms with Gasteiger partial charge in [-0.1, -0.05) is 18.6 Å². The molecule has 1 saturated carbocycles. The Morgan fingerprint density at radius 3 is 2.62 bits per heavy atom. The fourth-order valence-electron chi connectivity index (χ4n) is 4.36. The Kier molecular flexibility index (Phi) is 5.90. The Hall–Kier alpha value is -3.19. The topological polar surface area (TPSA) is 78.7 Å². The number of hydrogen-bond donors (Lipinski definition) is 2. The van der Waals surface area contributed by atoms with Crippen LogP contribution in [0.2, 0.25) is 0 Å². The first kappa shape index (κ1) is 20.7. The number of imidazole rings is 1. The second kappa shape index (κ2) is 9.12. The first-order chi connectivity index (χ1) is 15.6. The predicted molar refractivity (Wildman–Crippen MR) is 125 cm³/mol. The van der Waals surface area contributed by atoms with E-state index in [2.05, 4.69) is 15.5 Å². The summed E-state index contributed by atoms with van der Waals surface area (Å²) in [6.45, 7) is 2.43. The minimum absolute atomic E-state index is 0.0150. The smallest absolute Gasteiger partial charge is 0.252 e. The molecule has 5 rings (SSSR count). The Bertz CT molecular complexity index is 1130. The molecule has 1 aliphatic carbocycles. The zero-order valence-corrected chi connectivity index (χ0v) is 18.2. The molecule has 0 atom stereocenters. The highest BCUT2D eigenvalue weighted by Crippen LogP contribution is 2.23. The maximum atomic E-state index is 12.5. The monoisotopic (exact) mass is 431 g/mol. The van der Waals surface area contributed by atoms with Crippen molar-refractivity contribution in [2.24, 2.45) is 0 Å². The number of amides is 2. The van der Waals surface area contributed by atoms with E-state index in [1.807, 2.05) is 53.2 Å². The van der Waals surface area contributed by atoms with Crippen LogP contribution >= 0.6 is 0 Å². The number of piperidine rings is 1. The highest BCUT2D eigenvalue weighted by atomic mass is 16.2. The van der Waals surface area contributed by atoms with Gasteiger partial charge < -0.3 is 15.0 Å². The van der Waals surface area contributed by atoms with Crippen LogP contribution in [-0.4, -0.2) is 51.8 Å². The molecule has 0 radical (unpaired) electrons. The van der Waals surface area contributed by atoms with Crippen molar-refractivity contribution in [3.63, 3.8) is 0 Å². The van der Waals surface area contributed by atoms with E-state index in [1.54, 1.807) is 0 Å². The van der Waals surface area contributed by atoms with Crippen LogP contribution in [0.1, 0.15) is 48.9 Å². The minimum Gasteiger partial charge on any atom is -0.349 e. The van der Waals surface area contributed by atoms with Crippen molar-refractivity contribution < 1.29 is 9.59 Å². The average molecular weight is 432 g/mol. The molecule has 32 heavy (non-hydrogen) atoms. The van der Waals surface area contributed by atoms with E-state index in [0.29, 0.717) is 18.2 Å². The number of hydrogen-bond acceptors (Lipinski definition) is 4. The van der Waals surface area contributed by atoms with Crippen molar-refractivity contribution in [2.75, 3.05) is 25.0 Å². The summed E-state index contributed by atoms with van der Waals surface area (Å²) < 4.78 is 1.88. The van der Waals surface area contributed by atoms with Crippen LogP contribution in [0, 0.1) is 0 Å². The normalized spacial score (nSPS) is 17.1. The minimum atomic E-state index is -0.0368. The molecule has 0 bridgehead atoms. The maximum Gasteiger partial charge on any atom is 0.252 e. The molecule has 1 aromatic carbocycles. The first-order valence-electron chi connectivity index (χ1n) is 11.6. The molecular formula is C25H29N5O2. The molecule has 1 saturated heterocycles. The van der Waals surface area contributed by atoms with Gasteiger partial charge in [0, 0.05) is 29.7 Å². The number of benzene rings is 1. The van der Waals surface area contributed by atoms with Gasteiger partial charge in [0.05, 0.1) is 17.8 Å². The highest BCUT2D eigenvalue weighted by Gasteiger charge is 2.20. The number of fused-ring (bicyclic) bond motifs is 1. The fraction of sp³-hybridized carbons (Fsp3) is 0.400. The molecule has 2 N–H and O–H groups in total. The number of carbonyl (C=O) groups is 2. The molecule has 1 aliphatic heterocycles. The quantitative estimate of drug-likeness (QED) is 0.624. The molecule has 2 fully saturated rings. The van der Waals surface area contributed by atoms with Crippen LogP contribution in [0.25, 0.3) is 16.9 Å². The van der Waals surface area contributed by atoms with Crippen LogP contribution in [0.5, 0.6) is 0 Å². The van der Waals surface area contributed by atoms with Gasteiger partial charge in [-0.05, 0) is 69.5 Å². The molecule has 7 nitrogen and oxygen atoms in total. The number of nitrogens with zero attached hydrogens (tertiary/aromatic N) is 3. The summed E-state index contributed by atoms with van der Waals surface area (Å²) in [4.78, 5) is 31.8. The summed E-state index contributed by atoms with van der Waals surface area (Å²) >= 11 is 0. The molecule has 2 amide bonds. The van der Waals surface area contributed by atoms with Crippen molar-refractivity contribution in [3.8, 4) is 11.3 Å². The zero-order chi connectivity index (χ0) is 21.9. The zero-order valence-electron chi connectivity index (χ0n) is 18.2. The van der Waals surface area contributed by atoms with Gasteiger partial charge in [0.15, 0.2) is 0 Å². The Balaban J connectivity index is 1.29. The van der Waals surface area contributed by atoms with Crippen LogP contribution in [0.15, 0.2) is 48.8 Å². The summed E-state index contributed by atoms with van der Waals surface area (Å²) in [5.74, 6) is -0.0218. The fourth-order valence-corrected chi connectivity index (χ4v) is 4.36. The number of rotatable bonds is 6. The van der Waals surface area contributed by atoms with Crippen molar-refractivity contribution in [1.29, 1.82) is 0 Å². The molecule has 0 unspecified atom stereocenters. The third-order valence-electron chi connectivity index (χ3n) is 6.41. The molecule has 3 heterocycles. The summed E-state index contributed by atoms with van der Waals surface area (Å²) in [5.41, 5.74) is 3.90. The number of pyridine rings is 1.